The molecule has 0 fully saturated rings. The van der Waals surface area contributed by atoms with E-state index in [4.69, 9.17) is 14.5 Å². The number of para-hydroxylation sites is 1. The van der Waals surface area contributed by atoms with E-state index < -0.39 is 0 Å². The fourth-order valence-corrected chi connectivity index (χ4v) is 3.13. The van der Waals surface area contributed by atoms with Crippen molar-refractivity contribution in [1.82, 2.24) is 20.4 Å². The lowest BCUT2D eigenvalue weighted by atomic mass is 10.1. The number of nitrogens with one attached hydrogen (secondary N) is 2. The lowest BCUT2D eigenvalue weighted by Crippen LogP contribution is -2.37. The molecular formula is C23H37N5O2. The van der Waals surface area contributed by atoms with Gasteiger partial charge in [-0.15, -0.1) is 0 Å². The zero-order valence-electron chi connectivity index (χ0n) is 19.5. The SMILES string of the molecule is CCNC(=NCc1ccccc1OC(C)(C)C)NCc1c(C)nn(CCOC)c1C. The van der Waals surface area contributed by atoms with E-state index in [2.05, 4.69) is 56.4 Å². The minimum Gasteiger partial charge on any atom is -0.488 e. The zero-order chi connectivity index (χ0) is 22.1. The van der Waals surface area contributed by atoms with Crippen molar-refractivity contribution in [3.05, 3.63) is 46.8 Å². The Morgan fingerprint density at radius 3 is 2.57 bits per heavy atom. The van der Waals surface area contributed by atoms with E-state index in [0.717, 1.165) is 41.7 Å². The maximum Gasteiger partial charge on any atom is 0.191 e. The molecule has 0 radical (unpaired) electrons. The number of aryl methyl sites for hydroxylation is 1. The molecule has 166 valence electrons. The van der Waals surface area contributed by atoms with Crippen LogP contribution < -0.4 is 15.4 Å². The summed E-state index contributed by atoms with van der Waals surface area (Å²) < 4.78 is 13.3. The fourth-order valence-electron chi connectivity index (χ4n) is 3.13. The van der Waals surface area contributed by atoms with Crippen molar-refractivity contribution in [3.8, 4) is 5.75 Å². The van der Waals surface area contributed by atoms with Crippen LogP contribution in [0.25, 0.3) is 0 Å². The van der Waals surface area contributed by atoms with E-state index in [-0.39, 0.29) is 5.60 Å². The molecule has 0 atom stereocenters. The molecule has 0 spiro atoms. The summed E-state index contributed by atoms with van der Waals surface area (Å²) in [6.07, 6.45) is 0. The monoisotopic (exact) mass is 415 g/mol. The third-order valence-corrected chi connectivity index (χ3v) is 4.61. The Bertz CT molecular complexity index is 837. The molecule has 7 heteroatoms. The van der Waals surface area contributed by atoms with E-state index in [1.54, 1.807) is 7.11 Å². The number of methoxy groups -OCH3 is 1. The minimum absolute atomic E-state index is 0.249. The summed E-state index contributed by atoms with van der Waals surface area (Å²) in [4.78, 5) is 4.77. The van der Waals surface area contributed by atoms with E-state index in [9.17, 15) is 0 Å². The lowest BCUT2D eigenvalue weighted by Gasteiger charge is -2.23. The molecule has 1 aromatic carbocycles. The number of guanidine groups is 1. The molecular weight excluding hydrogens is 378 g/mol. The van der Waals surface area contributed by atoms with Crippen LogP contribution in [0.3, 0.4) is 0 Å². The molecule has 0 saturated heterocycles. The van der Waals surface area contributed by atoms with Crippen molar-refractivity contribution in [2.24, 2.45) is 4.99 Å². The first-order valence-corrected chi connectivity index (χ1v) is 10.6. The molecule has 2 rings (SSSR count). The van der Waals surface area contributed by atoms with E-state index in [1.165, 1.54) is 5.56 Å². The fraction of sp³-hybridized carbons (Fsp3) is 0.565. The molecule has 2 N–H and O–H groups in total. The van der Waals surface area contributed by atoms with E-state index in [0.29, 0.717) is 19.7 Å². The molecule has 2 aromatic rings. The number of ether oxygens (including phenoxy) is 2. The maximum absolute atomic E-state index is 6.09. The van der Waals surface area contributed by atoms with E-state index >= 15 is 0 Å². The van der Waals surface area contributed by atoms with Crippen molar-refractivity contribution in [3.63, 3.8) is 0 Å². The molecule has 7 nitrogen and oxygen atoms in total. The highest BCUT2D eigenvalue weighted by Crippen LogP contribution is 2.23. The summed E-state index contributed by atoms with van der Waals surface area (Å²) in [7, 11) is 1.71. The van der Waals surface area contributed by atoms with Gasteiger partial charge >= 0.3 is 0 Å². The molecule has 0 aliphatic rings. The van der Waals surface area contributed by atoms with Crippen molar-refractivity contribution < 1.29 is 9.47 Å². The Hall–Kier alpha value is -2.54. The number of hydrogen-bond donors (Lipinski definition) is 2. The highest BCUT2D eigenvalue weighted by atomic mass is 16.5. The van der Waals surface area contributed by atoms with Crippen LogP contribution in [0.5, 0.6) is 5.75 Å². The molecule has 0 amide bonds. The molecule has 0 unspecified atom stereocenters. The topological polar surface area (TPSA) is 72.7 Å². The maximum atomic E-state index is 6.09. The second-order valence-corrected chi connectivity index (χ2v) is 8.24. The molecule has 0 aliphatic heterocycles. The van der Waals surface area contributed by atoms with Crippen molar-refractivity contribution in [1.29, 1.82) is 0 Å². The Morgan fingerprint density at radius 2 is 1.90 bits per heavy atom. The standard InChI is InChI=1S/C23H37N5O2/c1-8-24-22(25-15-19-11-9-10-12-21(19)30-23(4,5)6)26-16-20-17(2)27-28(18(20)3)13-14-29-7/h9-12H,8,13-16H2,1-7H3,(H2,24,25,26). The summed E-state index contributed by atoms with van der Waals surface area (Å²) in [5.41, 5.74) is 4.17. The van der Waals surface area contributed by atoms with Gasteiger partial charge in [0, 0.05) is 37.0 Å². The number of hydrogen-bond acceptors (Lipinski definition) is 4. The third-order valence-electron chi connectivity index (χ3n) is 4.61. The highest BCUT2D eigenvalue weighted by Gasteiger charge is 2.15. The predicted octanol–water partition coefficient (Wildman–Crippen LogP) is 3.58. The molecule has 1 heterocycles. The van der Waals surface area contributed by atoms with Crippen LogP contribution in [0, 0.1) is 13.8 Å². The molecule has 1 aromatic heterocycles. The molecule has 0 saturated carbocycles. The first-order chi connectivity index (χ1) is 14.2. The van der Waals surface area contributed by atoms with Gasteiger partial charge in [-0.2, -0.15) is 5.10 Å². The third kappa shape index (κ3) is 7.06. The molecule has 0 bridgehead atoms. The van der Waals surface area contributed by atoms with Crippen LogP contribution in [-0.4, -0.2) is 41.6 Å². The minimum atomic E-state index is -0.249. The summed E-state index contributed by atoms with van der Waals surface area (Å²) >= 11 is 0. The summed E-state index contributed by atoms with van der Waals surface area (Å²) in [5.74, 6) is 1.64. The van der Waals surface area contributed by atoms with Gasteiger partial charge in [-0.05, 0) is 47.6 Å². The van der Waals surface area contributed by atoms with Gasteiger partial charge in [0.1, 0.15) is 11.4 Å². The van der Waals surface area contributed by atoms with Crippen LogP contribution in [0.15, 0.2) is 29.3 Å². The molecule has 0 aliphatic carbocycles. The van der Waals surface area contributed by atoms with Gasteiger partial charge in [0.15, 0.2) is 5.96 Å². The summed E-state index contributed by atoms with van der Waals surface area (Å²) in [5, 5.41) is 11.4. The number of rotatable bonds is 9. The van der Waals surface area contributed by atoms with E-state index in [1.807, 2.05) is 29.8 Å². The summed E-state index contributed by atoms with van der Waals surface area (Å²) in [6, 6.07) is 8.06. The molecule has 30 heavy (non-hydrogen) atoms. The second-order valence-electron chi connectivity index (χ2n) is 8.24. The van der Waals surface area contributed by atoms with Gasteiger partial charge in [0.05, 0.1) is 25.4 Å². The second kappa shape index (κ2) is 11.0. The first-order valence-electron chi connectivity index (χ1n) is 10.6. The largest absolute Gasteiger partial charge is 0.488 e. The van der Waals surface area contributed by atoms with Crippen LogP contribution >= 0.6 is 0 Å². The normalized spacial score (nSPS) is 12.2. The quantitative estimate of drug-likeness (QED) is 0.484. The Kier molecular flexibility index (Phi) is 8.72. The summed E-state index contributed by atoms with van der Waals surface area (Å²) in [6.45, 7) is 15.7. The van der Waals surface area contributed by atoms with Crippen molar-refractivity contribution in [2.75, 3.05) is 20.3 Å². The van der Waals surface area contributed by atoms with Gasteiger partial charge in [-0.1, -0.05) is 18.2 Å². The van der Waals surface area contributed by atoms with Gasteiger partial charge < -0.3 is 20.1 Å². The average Bonchev–Trinajstić information content (AvgIpc) is 2.95. The van der Waals surface area contributed by atoms with Crippen molar-refractivity contribution in [2.45, 2.75) is 66.8 Å². The Labute approximate surface area is 180 Å². The van der Waals surface area contributed by atoms with Gasteiger partial charge in [0.2, 0.25) is 0 Å². The van der Waals surface area contributed by atoms with Crippen LogP contribution in [0.1, 0.15) is 50.2 Å². The zero-order valence-corrected chi connectivity index (χ0v) is 19.5. The lowest BCUT2D eigenvalue weighted by molar-refractivity contribution is 0.129. The number of aromatic nitrogens is 2. The van der Waals surface area contributed by atoms with Crippen molar-refractivity contribution >= 4 is 5.96 Å². The smallest absolute Gasteiger partial charge is 0.191 e. The number of nitrogens with zero attached hydrogens (tertiary/aromatic N) is 3. The van der Waals surface area contributed by atoms with Gasteiger partial charge in [0.25, 0.3) is 0 Å². The van der Waals surface area contributed by atoms with Crippen LogP contribution in [0.4, 0.5) is 0 Å². The predicted molar refractivity (Wildman–Crippen MR) is 122 cm³/mol. The Balaban J connectivity index is 2.10. The first kappa shape index (κ1) is 23.7. The van der Waals surface area contributed by atoms with Gasteiger partial charge in [-0.25, -0.2) is 4.99 Å². The van der Waals surface area contributed by atoms with Crippen LogP contribution in [0.2, 0.25) is 0 Å². The number of benzene rings is 1. The van der Waals surface area contributed by atoms with Crippen LogP contribution in [-0.2, 0) is 24.4 Å². The Morgan fingerprint density at radius 1 is 1.17 bits per heavy atom. The highest BCUT2D eigenvalue weighted by molar-refractivity contribution is 5.79. The number of aliphatic imine (C=N–C) groups is 1. The van der Waals surface area contributed by atoms with Gasteiger partial charge in [-0.3, -0.25) is 4.68 Å². The average molecular weight is 416 g/mol.